The van der Waals surface area contributed by atoms with Gasteiger partial charge in [0.15, 0.2) is 0 Å². The molecule has 1 heterocycles. The molecule has 56 heavy (non-hydrogen) atoms. The molecule has 0 saturated carbocycles. The second-order valence-electron chi connectivity index (χ2n) is 19.6. The summed E-state index contributed by atoms with van der Waals surface area (Å²) in [5.41, 5.74) is 22.4. The van der Waals surface area contributed by atoms with Crippen molar-refractivity contribution < 1.29 is 20.0 Å². The summed E-state index contributed by atoms with van der Waals surface area (Å²) in [6.07, 6.45) is 5.36. The van der Waals surface area contributed by atoms with Crippen LogP contribution in [0.15, 0.2) is 145 Å². The van der Waals surface area contributed by atoms with E-state index in [2.05, 4.69) is 210 Å². The van der Waals surface area contributed by atoms with Crippen LogP contribution < -0.4 is 0 Å². The van der Waals surface area contributed by atoms with Crippen LogP contribution in [0.25, 0.3) is 34.4 Å². The van der Waals surface area contributed by atoms with Gasteiger partial charge >= 0.3 is 343 Å². The van der Waals surface area contributed by atoms with Crippen LogP contribution in [0.2, 0.25) is 9.36 Å². The van der Waals surface area contributed by atoms with Crippen molar-refractivity contribution in [2.24, 2.45) is 0 Å². The Morgan fingerprint density at radius 1 is 0.446 bits per heavy atom. The van der Waals surface area contributed by atoms with Gasteiger partial charge in [0, 0.05) is 0 Å². The Morgan fingerprint density at radius 2 is 0.804 bits per heavy atom. The Labute approximate surface area is 340 Å². The third-order valence-corrected chi connectivity index (χ3v) is 28.7. The predicted molar refractivity (Wildman–Crippen MR) is 237 cm³/mol. The third kappa shape index (κ3) is 5.70. The Hall–Kier alpha value is -4.33. The van der Waals surface area contributed by atoms with E-state index >= 15 is 0 Å². The first-order valence-corrected chi connectivity index (χ1v) is 32.0. The summed E-state index contributed by atoms with van der Waals surface area (Å²) in [5.74, 6) is 0. The summed E-state index contributed by atoms with van der Waals surface area (Å²) in [6.45, 7) is 18.3. The van der Waals surface area contributed by atoms with Crippen LogP contribution in [0.5, 0.6) is 0 Å². The number of allylic oxidation sites excluding steroid dienone is 2. The molecule has 1 saturated heterocycles. The summed E-state index contributed by atoms with van der Waals surface area (Å²) in [7, 11) is 0. The van der Waals surface area contributed by atoms with Gasteiger partial charge in [-0.3, -0.25) is 0 Å². The van der Waals surface area contributed by atoms with Crippen molar-refractivity contribution in [2.75, 3.05) is 0 Å². The second-order valence-corrected chi connectivity index (χ2v) is 36.9. The van der Waals surface area contributed by atoms with E-state index < -0.39 is 25.4 Å². The molecule has 0 spiro atoms. The van der Waals surface area contributed by atoms with E-state index in [-0.39, 0.29) is 10.8 Å². The van der Waals surface area contributed by atoms with Gasteiger partial charge in [0.2, 0.25) is 0 Å². The van der Waals surface area contributed by atoms with Crippen LogP contribution in [0.1, 0.15) is 105 Å². The predicted octanol–water partition coefficient (Wildman–Crippen LogP) is 15.1. The molecule has 0 nitrogen and oxygen atoms in total. The molecule has 2 unspecified atom stereocenters. The maximum atomic E-state index is 2.78. The number of rotatable bonds is 4. The second kappa shape index (κ2) is 13.1. The van der Waals surface area contributed by atoms with Crippen molar-refractivity contribution in [1.82, 2.24) is 0 Å². The number of fused-ring (bicyclic) bond motifs is 6. The summed E-state index contributed by atoms with van der Waals surface area (Å²) in [6, 6.07) is 52.4. The van der Waals surface area contributed by atoms with Crippen molar-refractivity contribution in [3.8, 4) is 22.3 Å². The minimum atomic E-state index is -3.42. The standard InChI is InChI=1S/C53H50.2CH3.Hf/c1-35-15-23-43(24-16-35)53(44-25-17-36(2)18-26-44,45-31-39-11-9-13-47(49(39)33-45)37-19-27-41(28-20-37)51(3,4)5)46-32-40-12-10-14-48(50(40)34-46)38-21-29-42(30-22-38)52(6,7)8;;;/h9-34H,1-8H3;2*1H3;. The van der Waals surface area contributed by atoms with E-state index in [0.717, 1.165) is 0 Å². The van der Waals surface area contributed by atoms with Crippen LogP contribution in [0.3, 0.4) is 0 Å². The number of benzene rings is 6. The molecule has 2 atom stereocenters. The zero-order chi connectivity index (χ0) is 39.4. The van der Waals surface area contributed by atoms with E-state index in [1.54, 1.807) is 22.3 Å². The Kier molecular flexibility index (Phi) is 8.72. The Balaban J connectivity index is 1.34. The maximum absolute atomic E-state index is 3.42. The van der Waals surface area contributed by atoms with Crippen LogP contribution in [-0.4, -0.2) is 0 Å². The van der Waals surface area contributed by atoms with Crippen molar-refractivity contribution in [1.29, 1.82) is 0 Å². The van der Waals surface area contributed by atoms with E-state index in [9.17, 15) is 0 Å². The SMILES string of the molecule is Cc1ccc(C2(c3ccc(C)cc3)C3=Cc4c(-c5ccc(C(C)(C)C)cc5)cccc4[CH]3[Hf]([CH3])([CH3])[CH]3C2=Cc2c(-c4ccc(C(C)(C)C)cc4)cccc23)cc1. The van der Waals surface area contributed by atoms with Gasteiger partial charge in [-0.15, -0.1) is 0 Å². The summed E-state index contributed by atoms with van der Waals surface area (Å²) in [4.78, 5) is 0. The van der Waals surface area contributed by atoms with Gasteiger partial charge in [0.25, 0.3) is 0 Å². The molecule has 0 amide bonds. The zero-order valence-corrected chi connectivity index (χ0v) is 38.6. The van der Waals surface area contributed by atoms with E-state index in [1.165, 1.54) is 66.8 Å². The fourth-order valence-electron chi connectivity index (χ4n) is 10.6. The molecule has 3 aliphatic rings. The molecule has 0 bridgehead atoms. The first-order chi connectivity index (χ1) is 26.6. The van der Waals surface area contributed by atoms with Crippen molar-refractivity contribution in [2.45, 2.75) is 88.3 Å². The minimum absolute atomic E-state index is 0.117. The number of aryl methyl sites for hydroxylation is 2. The van der Waals surface area contributed by atoms with E-state index in [0.29, 0.717) is 7.35 Å². The summed E-state index contributed by atoms with van der Waals surface area (Å²) >= 11 is -3.42. The molecule has 1 heteroatoms. The molecule has 0 aromatic heterocycles. The van der Waals surface area contributed by atoms with Crippen molar-refractivity contribution >= 4 is 12.2 Å². The van der Waals surface area contributed by atoms with Gasteiger partial charge in [-0.1, -0.05) is 0 Å². The van der Waals surface area contributed by atoms with Crippen LogP contribution in [0.4, 0.5) is 0 Å². The zero-order valence-electron chi connectivity index (χ0n) is 35.0. The first-order valence-electron chi connectivity index (χ1n) is 20.7. The topological polar surface area (TPSA) is 0 Å². The van der Waals surface area contributed by atoms with Gasteiger partial charge in [0.1, 0.15) is 0 Å². The van der Waals surface area contributed by atoms with Gasteiger partial charge < -0.3 is 0 Å². The fraction of sp³-hybridized carbons (Fsp3) is 0.273. The monoisotopic (exact) mass is 896 g/mol. The van der Waals surface area contributed by atoms with Crippen LogP contribution in [-0.2, 0) is 36.2 Å². The normalized spacial score (nSPS) is 19.0. The average molecular weight is 896 g/mol. The molecule has 9 rings (SSSR count). The Bertz CT molecular complexity index is 2360. The molecule has 280 valence electrons. The van der Waals surface area contributed by atoms with Crippen molar-refractivity contribution in [3.05, 3.63) is 200 Å². The average Bonchev–Trinajstić information content (AvgIpc) is 3.77. The Morgan fingerprint density at radius 3 is 1.14 bits per heavy atom. The molecular formula is C55H56Hf. The molecule has 1 fully saturated rings. The van der Waals surface area contributed by atoms with E-state index in [1.807, 2.05) is 0 Å². The fourth-order valence-corrected chi connectivity index (χ4v) is 27.3. The quantitative estimate of drug-likeness (QED) is 0.155. The molecule has 0 N–H and O–H groups in total. The molecule has 1 aliphatic heterocycles. The molecule has 2 aliphatic carbocycles. The molecular weight excluding hydrogens is 839 g/mol. The first kappa shape index (κ1) is 37.3. The molecule has 6 aromatic rings. The van der Waals surface area contributed by atoms with Gasteiger partial charge in [-0.05, 0) is 0 Å². The molecule has 6 aromatic carbocycles. The third-order valence-electron chi connectivity index (χ3n) is 13.6. The van der Waals surface area contributed by atoms with Gasteiger partial charge in [-0.25, -0.2) is 0 Å². The molecule has 0 radical (unpaired) electrons. The van der Waals surface area contributed by atoms with E-state index in [4.69, 9.17) is 0 Å². The summed E-state index contributed by atoms with van der Waals surface area (Å²) in [5, 5.41) is 0. The van der Waals surface area contributed by atoms with Crippen LogP contribution in [0, 0.1) is 13.8 Å². The number of hydrogen-bond acceptors (Lipinski definition) is 0. The number of hydrogen-bond donors (Lipinski definition) is 0. The summed E-state index contributed by atoms with van der Waals surface area (Å²) < 4.78 is 6.41. The van der Waals surface area contributed by atoms with Gasteiger partial charge in [-0.2, -0.15) is 0 Å². The van der Waals surface area contributed by atoms with Crippen LogP contribution >= 0.6 is 0 Å². The van der Waals surface area contributed by atoms with Gasteiger partial charge in [0.05, 0.1) is 0 Å². The van der Waals surface area contributed by atoms with Crippen molar-refractivity contribution in [3.63, 3.8) is 0 Å².